The van der Waals surface area contributed by atoms with Crippen LogP contribution >= 0.6 is 0 Å². The molecule has 0 unspecified atom stereocenters. The molecule has 0 amide bonds. The highest BCUT2D eigenvalue weighted by Gasteiger charge is 2.07. The van der Waals surface area contributed by atoms with Gasteiger partial charge in [0.05, 0.1) is 14.2 Å². The van der Waals surface area contributed by atoms with E-state index in [-0.39, 0.29) is 0 Å². The van der Waals surface area contributed by atoms with Gasteiger partial charge in [0.2, 0.25) is 0 Å². The van der Waals surface area contributed by atoms with Crippen molar-refractivity contribution in [3.05, 3.63) is 65.0 Å². The molecule has 0 aliphatic carbocycles. The van der Waals surface area contributed by atoms with E-state index in [4.69, 9.17) is 9.47 Å². The zero-order chi connectivity index (χ0) is 20.1. The molecule has 3 rings (SSSR count). The van der Waals surface area contributed by atoms with Crippen LogP contribution in [0.3, 0.4) is 0 Å². The van der Waals surface area contributed by atoms with Gasteiger partial charge in [0.25, 0.3) is 0 Å². The Kier molecular flexibility index (Phi) is 5.99. The van der Waals surface area contributed by atoms with Gasteiger partial charge >= 0.3 is 0 Å². The molecule has 1 aromatic heterocycles. The Bertz CT molecular complexity index is 973. The van der Waals surface area contributed by atoms with E-state index in [1.54, 1.807) is 14.2 Å². The predicted octanol–water partition coefficient (Wildman–Crippen LogP) is 4.77. The lowest BCUT2D eigenvalue weighted by Gasteiger charge is -2.13. The van der Waals surface area contributed by atoms with Crippen molar-refractivity contribution in [3.8, 4) is 11.5 Å². The summed E-state index contributed by atoms with van der Waals surface area (Å²) in [6, 6.07) is 14.1. The molecular formula is C22H26N4O2. The highest BCUT2D eigenvalue weighted by atomic mass is 16.5. The Morgan fingerprint density at radius 2 is 1.57 bits per heavy atom. The van der Waals surface area contributed by atoms with Gasteiger partial charge in [-0.05, 0) is 50.1 Å². The van der Waals surface area contributed by atoms with Crippen LogP contribution in [0.4, 0.5) is 17.3 Å². The highest BCUT2D eigenvalue weighted by molar-refractivity contribution is 5.63. The van der Waals surface area contributed by atoms with Crippen molar-refractivity contribution in [1.82, 2.24) is 9.97 Å². The van der Waals surface area contributed by atoms with Gasteiger partial charge in [-0.2, -0.15) is 0 Å². The fourth-order valence-electron chi connectivity index (χ4n) is 3.00. The van der Waals surface area contributed by atoms with Gasteiger partial charge in [-0.15, -0.1) is 0 Å². The molecule has 0 bridgehead atoms. The number of aromatic nitrogens is 2. The Morgan fingerprint density at radius 1 is 0.821 bits per heavy atom. The normalized spacial score (nSPS) is 10.5. The molecule has 0 radical (unpaired) electrons. The lowest BCUT2D eigenvalue weighted by atomic mass is 10.1. The van der Waals surface area contributed by atoms with Gasteiger partial charge in [-0.25, -0.2) is 9.97 Å². The van der Waals surface area contributed by atoms with Crippen molar-refractivity contribution in [2.24, 2.45) is 0 Å². The van der Waals surface area contributed by atoms with E-state index >= 15 is 0 Å². The van der Waals surface area contributed by atoms with Gasteiger partial charge < -0.3 is 20.1 Å². The van der Waals surface area contributed by atoms with Crippen LogP contribution in [0.15, 0.2) is 42.5 Å². The number of nitrogens with zero attached hydrogens (tertiary/aromatic N) is 2. The molecular weight excluding hydrogens is 352 g/mol. The first-order chi connectivity index (χ1) is 13.5. The molecule has 0 aliphatic rings. The maximum atomic E-state index is 5.36. The van der Waals surface area contributed by atoms with Crippen LogP contribution in [0.5, 0.6) is 11.5 Å². The maximum absolute atomic E-state index is 5.36. The number of hydrogen-bond donors (Lipinski definition) is 2. The number of methoxy groups -OCH3 is 2. The molecule has 0 fully saturated rings. The summed E-state index contributed by atoms with van der Waals surface area (Å²) in [6.07, 6.45) is 0. The van der Waals surface area contributed by atoms with Crippen molar-refractivity contribution in [1.29, 1.82) is 0 Å². The molecule has 0 saturated heterocycles. The molecule has 6 nitrogen and oxygen atoms in total. The molecule has 0 spiro atoms. The zero-order valence-corrected chi connectivity index (χ0v) is 17.0. The second-order valence-electron chi connectivity index (χ2n) is 6.67. The Balaban J connectivity index is 1.74. The number of ether oxygens (including phenoxy) is 2. The first-order valence-electron chi connectivity index (χ1n) is 9.13. The van der Waals surface area contributed by atoms with Crippen LogP contribution in [0, 0.1) is 20.8 Å². The summed E-state index contributed by atoms with van der Waals surface area (Å²) in [5.74, 6) is 3.63. The number of hydrogen-bond acceptors (Lipinski definition) is 6. The Labute approximate surface area is 166 Å². The van der Waals surface area contributed by atoms with Crippen molar-refractivity contribution in [2.75, 3.05) is 24.9 Å². The average Bonchev–Trinajstić information content (AvgIpc) is 2.68. The molecule has 28 heavy (non-hydrogen) atoms. The van der Waals surface area contributed by atoms with E-state index in [1.807, 2.05) is 31.2 Å². The molecule has 1 heterocycles. The van der Waals surface area contributed by atoms with E-state index in [0.717, 1.165) is 22.9 Å². The van der Waals surface area contributed by atoms with Gasteiger partial charge in [0.15, 0.2) is 11.5 Å². The third-order valence-corrected chi connectivity index (χ3v) is 4.40. The third kappa shape index (κ3) is 4.71. The summed E-state index contributed by atoms with van der Waals surface area (Å²) in [5.41, 5.74) is 4.52. The predicted molar refractivity (Wildman–Crippen MR) is 113 cm³/mol. The average molecular weight is 378 g/mol. The number of aryl methyl sites for hydroxylation is 3. The topological polar surface area (TPSA) is 68.3 Å². The first-order valence-corrected chi connectivity index (χ1v) is 9.13. The van der Waals surface area contributed by atoms with Crippen molar-refractivity contribution >= 4 is 17.3 Å². The van der Waals surface area contributed by atoms with E-state index in [2.05, 4.69) is 52.6 Å². The SMILES string of the molecule is COc1ccc(CNc2cc(Nc3ccc(C)cc3C)nc(C)n2)cc1OC. The van der Waals surface area contributed by atoms with Crippen molar-refractivity contribution in [3.63, 3.8) is 0 Å². The highest BCUT2D eigenvalue weighted by Crippen LogP contribution is 2.28. The van der Waals surface area contributed by atoms with E-state index in [1.165, 1.54) is 11.1 Å². The van der Waals surface area contributed by atoms with Crippen LogP contribution in [0.25, 0.3) is 0 Å². The van der Waals surface area contributed by atoms with E-state index in [0.29, 0.717) is 23.9 Å². The molecule has 0 aliphatic heterocycles. The second kappa shape index (κ2) is 8.61. The molecule has 6 heteroatoms. The van der Waals surface area contributed by atoms with Crippen molar-refractivity contribution < 1.29 is 9.47 Å². The minimum Gasteiger partial charge on any atom is -0.493 e. The van der Waals surface area contributed by atoms with Crippen LogP contribution in [-0.4, -0.2) is 24.2 Å². The quantitative estimate of drug-likeness (QED) is 0.617. The summed E-state index contributed by atoms with van der Waals surface area (Å²) in [4.78, 5) is 8.98. The van der Waals surface area contributed by atoms with E-state index < -0.39 is 0 Å². The fraction of sp³-hybridized carbons (Fsp3) is 0.273. The van der Waals surface area contributed by atoms with Crippen LogP contribution in [0.1, 0.15) is 22.5 Å². The Hall–Kier alpha value is -3.28. The second-order valence-corrected chi connectivity index (χ2v) is 6.67. The van der Waals surface area contributed by atoms with Crippen LogP contribution < -0.4 is 20.1 Å². The number of nitrogens with one attached hydrogen (secondary N) is 2. The molecule has 0 atom stereocenters. The lowest BCUT2D eigenvalue weighted by molar-refractivity contribution is 0.354. The van der Waals surface area contributed by atoms with Crippen LogP contribution in [0.2, 0.25) is 0 Å². The summed E-state index contributed by atoms with van der Waals surface area (Å²) >= 11 is 0. The minimum atomic E-state index is 0.611. The van der Waals surface area contributed by atoms with Crippen molar-refractivity contribution in [2.45, 2.75) is 27.3 Å². The summed E-state index contributed by atoms with van der Waals surface area (Å²) < 4.78 is 10.6. The molecule has 2 aromatic carbocycles. The standard InChI is InChI=1S/C22H26N4O2/c1-14-6-8-18(15(2)10-14)26-22-12-21(24-16(3)25-22)23-13-17-7-9-19(27-4)20(11-17)28-5/h6-12H,13H2,1-5H3,(H2,23,24,25,26). The largest absolute Gasteiger partial charge is 0.493 e. The van der Waals surface area contributed by atoms with Gasteiger partial charge in [-0.1, -0.05) is 23.8 Å². The summed E-state index contributed by atoms with van der Waals surface area (Å²) in [5, 5.41) is 6.74. The van der Waals surface area contributed by atoms with Gasteiger partial charge in [-0.3, -0.25) is 0 Å². The van der Waals surface area contributed by atoms with E-state index in [9.17, 15) is 0 Å². The summed E-state index contributed by atoms with van der Waals surface area (Å²) in [6.45, 7) is 6.66. The number of anilines is 3. The minimum absolute atomic E-state index is 0.611. The fourth-order valence-corrected chi connectivity index (χ4v) is 3.00. The van der Waals surface area contributed by atoms with Gasteiger partial charge in [0.1, 0.15) is 17.5 Å². The number of benzene rings is 2. The third-order valence-electron chi connectivity index (χ3n) is 4.40. The van der Waals surface area contributed by atoms with Gasteiger partial charge in [0, 0.05) is 18.3 Å². The monoisotopic (exact) mass is 378 g/mol. The number of rotatable bonds is 7. The lowest BCUT2D eigenvalue weighted by Crippen LogP contribution is -2.06. The molecule has 3 aromatic rings. The summed E-state index contributed by atoms with van der Waals surface area (Å²) in [7, 11) is 3.26. The molecule has 0 saturated carbocycles. The van der Waals surface area contributed by atoms with Crippen LogP contribution in [-0.2, 0) is 6.54 Å². The Morgan fingerprint density at radius 3 is 2.29 bits per heavy atom. The zero-order valence-electron chi connectivity index (χ0n) is 17.0. The molecule has 2 N–H and O–H groups in total. The first kappa shape index (κ1) is 19.5. The maximum Gasteiger partial charge on any atom is 0.161 e. The smallest absolute Gasteiger partial charge is 0.161 e. The molecule has 146 valence electrons.